The summed E-state index contributed by atoms with van der Waals surface area (Å²) in [5.74, 6) is 0.769. The van der Waals surface area contributed by atoms with Crippen LogP contribution in [0.3, 0.4) is 0 Å². The molecule has 2 nitrogen and oxygen atoms in total. The molecule has 1 aromatic heterocycles. The molecule has 2 aliphatic carbocycles. The first kappa shape index (κ1) is 13.5. The van der Waals surface area contributed by atoms with E-state index in [9.17, 15) is 5.11 Å². The molecule has 2 unspecified atom stereocenters. The Balaban J connectivity index is 1.68. The molecule has 4 rings (SSSR count). The second-order valence-electron chi connectivity index (χ2n) is 6.70. The monoisotopic (exact) mass is 299 g/mol. The molecule has 2 aromatic rings. The van der Waals surface area contributed by atoms with Gasteiger partial charge in [0.2, 0.25) is 0 Å². The van der Waals surface area contributed by atoms with Crippen molar-refractivity contribution in [1.82, 2.24) is 4.98 Å². The highest BCUT2D eigenvalue weighted by atomic mass is 32.1. The zero-order chi connectivity index (χ0) is 14.4. The van der Waals surface area contributed by atoms with E-state index in [1.165, 1.54) is 11.1 Å². The minimum atomic E-state index is -0.566. The first-order valence-corrected chi connectivity index (χ1v) is 8.73. The van der Waals surface area contributed by atoms with Crippen LogP contribution in [0.25, 0.3) is 0 Å². The van der Waals surface area contributed by atoms with Crippen LogP contribution in [0.2, 0.25) is 0 Å². The number of hydrogen-bond acceptors (Lipinski definition) is 3. The van der Waals surface area contributed by atoms with E-state index in [-0.39, 0.29) is 0 Å². The molecule has 1 fully saturated rings. The van der Waals surface area contributed by atoms with Crippen molar-refractivity contribution in [3.05, 3.63) is 51.5 Å². The fourth-order valence-corrected chi connectivity index (χ4v) is 5.17. The topological polar surface area (TPSA) is 33.1 Å². The van der Waals surface area contributed by atoms with Crippen molar-refractivity contribution in [3.8, 4) is 0 Å². The van der Waals surface area contributed by atoms with Crippen molar-refractivity contribution in [2.24, 2.45) is 11.8 Å². The summed E-state index contributed by atoms with van der Waals surface area (Å²) >= 11 is 1.69. The van der Waals surface area contributed by atoms with Gasteiger partial charge in [0.1, 0.15) is 0 Å². The number of fused-ring (bicyclic) bond motifs is 3. The van der Waals surface area contributed by atoms with Crippen molar-refractivity contribution in [3.63, 3.8) is 0 Å². The maximum atomic E-state index is 11.5. The molecule has 2 bridgehead atoms. The van der Waals surface area contributed by atoms with Gasteiger partial charge in [-0.15, -0.1) is 11.3 Å². The molecule has 1 saturated carbocycles. The van der Waals surface area contributed by atoms with Crippen molar-refractivity contribution in [1.29, 1.82) is 0 Å². The van der Waals surface area contributed by atoms with Gasteiger partial charge in [-0.3, -0.25) is 0 Å². The lowest BCUT2D eigenvalue weighted by Gasteiger charge is -2.33. The predicted octanol–water partition coefficient (Wildman–Crippen LogP) is 3.55. The van der Waals surface area contributed by atoms with Crippen LogP contribution in [0.15, 0.2) is 29.6 Å². The molecule has 0 spiro atoms. The summed E-state index contributed by atoms with van der Waals surface area (Å²) in [6.45, 7) is 2.03. The fraction of sp³-hybridized carbons (Fsp3) is 0.500. The summed E-state index contributed by atoms with van der Waals surface area (Å²) in [6.07, 6.45) is 5.08. The summed E-state index contributed by atoms with van der Waals surface area (Å²) < 4.78 is 0. The van der Waals surface area contributed by atoms with E-state index in [2.05, 4.69) is 34.6 Å². The maximum absolute atomic E-state index is 11.5. The van der Waals surface area contributed by atoms with Gasteiger partial charge in [-0.25, -0.2) is 4.98 Å². The number of nitrogens with zero attached hydrogens (tertiary/aromatic N) is 1. The van der Waals surface area contributed by atoms with Gasteiger partial charge in [0, 0.05) is 17.5 Å². The van der Waals surface area contributed by atoms with Gasteiger partial charge in [0.05, 0.1) is 10.6 Å². The van der Waals surface area contributed by atoms with E-state index in [0.717, 1.165) is 42.8 Å². The Morgan fingerprint density at radius 3 is 2.33 bits per heavy atom. The van der Waals surface area contributed by atoms with Gasteiger partial charge in [-0.05, 0) is 55.6 Å². The van der Waals surface area contributed by atoms with Crippen molar-refractivity contribution >= 4 is 11.3 Å². The van der Waals surface area contributed by atoms with Crippen LogP contribution in [0.1, 0.15) is 34.7 Å². The van der Waals surface area contributed by atoms with Gasteiger partial charge < -0.3 is 5.11 Å². The molecule has 21 heavy (non-hydrogen) atoms. The number of aromatic nitrogens is 1. The van der Waals surface area contributed by atoms with E-state index in [1.807, 2.05) is 6.92 Å². The van der Waals surface area contributed by atoms with E-state index < -0.39 is 5.60 Å². The normalized spacial score (nSPS) is 31.0. The summed E-state index contributed by atoms with van der Waals surface area (Å²) in [4.78, 5) is 4.58. The quantitative estimate of drug-likeness (QED) is 0.920. The zero-order valence-corrected chi connectivity index (χ0v) is 13.2. The third-order valence-electron chi connectivity index (χ3n) is 5.43. The summed E-state index contributed by atoms with van der Waals surface area (Å²) in [5.41, 5.74) is 3.39. The number of hydrogen-bond donors (Lipinski definition) is 1. The minimum absolute atomic E-state index is 0.385. The largest absolute Gasteiger partial charge is 0.389 e. The third-order valence-corrected chi connectivity index (χ3v) is 6.40. The van der Waals surface area contributed by atoms with Gasteiger partial charge in [-0.2, -0.15) is 0 Å². The Morgan fingerprint density at radius 1 is 1.19 bits per heavy atom. The molecule has 0 amide bonds. The SMILES string of the molecule is Cc1csc(CC2(O)C3CCC2Cc2ccccc2C3)n1. The molecule has 1 aromatic carbocycles. The lowest BCUT2D eigenvalue weighted by Crippen LogP contribution is -2.42. The smallest absolute Gasteiger partial charge is 0.0957 e. The van der Waals surface area contributed by atoms with E-state index >= 15 is 0 Å². The lowest BCUT2D eigenvalue weighted by atomic mass is 9.80. The first-order chi connectivity index (χ1) is 10.1. The Labute approximate surface area is 129 Å². The minimum Gasteiger partial charge on any atom is -0.389 e. The van der Waals surface area contributed by atoms with Crippen LogP contribution in [0, 0.1) is 18.8 Å². The van der Waals surface area contributed by atoms with Gasteiger partial charge in [0.15, 0.2) is 0 Å². The zero-order valence-electron chi connectivity index (χ0n) is 12.4. The highest BCUT2D eigenvalue weighted by molar-refractivity contribution is 7.09. The standard InChI is InChI=1S/C18H21NOS/c1-12-11-21-17(19-12)10-18(20)15-6-7-16(18)9-14-5-3-2-4-13(14)8-15/h2-5,11,15-16,20H,6-10H2,1H3. The number of thiazole rings is 1. The van der Waals surface area contributed by atoms with Crippen molar-refractivity contribution in [2.45, 2.75) is 44.6 Å². The average Bonchev–Trinajstić information content (AvgIpc) is 2.93. The Bertz CT molecular complexity index is 630. The third kappa shape index (κ3) is 2.23. The molecule has 2 aliphatic rings. The fourth-order valence-electron chi connectivity index (χ4n) is 4.29. The Morgan fingerprint density at radius 2 is 1.81 bits per heavy atom. The van der Waals surface area contributed by atoms with Crippen molar-refractivity contribution in [2.75, 3.05) is 0 Å². The number of rotatable bonds is 2. The summed E-state index contributed by atoms with van der Waals surface area (Å²) in [6, 6.07) is 8.73. The second-order valence-corrected chi connectivity index (χ2v) is 7.64. The summed E-state index contributed by atoms with van der Waals surface area (Å²) in [5, 5.41) is 14.6. The second kappa shape index (κ2) is 4.92. The molecule has 0 aliphatic heterocycles. The number of benzene rings is 1. The van der Waals surface area contributed by atoms with Crippen molar-refractivity contribution < 1.29 is 5.11 Å². The van der Waals surface area contributed by atoms with E-state index in [4.69, 9.17) is 0 Å². The van der Waals surface area contributed by atoms with Gasteiger partial charge in [-0.1, -0.05) is 24.3 Å². The number of aliphatic hydroxyl groups is 1. The van der Waals surface area contributed by atoms with Gasteiger partial charge in [0.25, 0.3) is 0 Å². The predicted molar refractivity (Wildman–Crippen MR) is 85.6 cm³/mol. The lowest BCUT2D eigenvalue weighted by molar-refractivity contribution is -0.0330. The van der Waals surface area contributed by atoms with Crippen LogP contribution in [0.5, 0.6) is 0 Å². The summed E-state index contributed by atoms with van der Waals surface area (Å²) in [7, 11) is 0. The van der Waals surface area contributed by atoms with E-state index in [0.29, 0.717) is 11.8 Å². The molecule has 110 valence electrons. The van der Waals surface area contributed by atoms with Crippen LogP contribution < -0.4 is 0 Å². The highest BCUT2D eigenvalue weighted by Crippen LogP contribution is 2.48. The first-order valence-electron chi connectivity index (χ1n) is 7.85. The molecule has 1 heterocycles. The van der Waals surface area contributed by atoms with Crippen LogP contribution >= 0.6 is 11.3 Å². The molecule has 0 radical (unpaired) electrons. The Kier molecular flexibility index (Phi) is 3.16. The number of aryl methyl sites for hydroxylation is 1. The highest BCUT2D eigenvalue weighted by Gasteiger charge is 2.50. The molecular weight excluding hydrogens is 278 g/mol. The molecular formula is C18H21NOS. The van der Waals surface area contributed by atoms with Crippen LogP contribution in [-0.2, 0) is 19.3 Å². The van der Waals surface area contributed by atoms with Crippen LogP contribution in [-0.4, -0.2) is 15.7 Å². The van der Waals surface area contributed by atoms with E-state index in [1.54, 1.807) is 11.3 Å². The maximum Gasteiger partial charge on any atom is 0.0957 e. The van der Waals surface area contributed by atoms with Crippen LogP contribution in [0.4, 0.5) is 0 Å². The molecule has 2 atom stereocenters. The molecule has 0 saturated heterocycles. The molecule has 1 N–H and O–H groups in total. The van der Waals surface area contributed by atoms with Gasteiger partial charge >= 0.3 is 0 Å². The Hall–Kier alpha value is -1.19. The molecule has 3 heteroatoms. The average molecular weight is 299 g/mol.